The van der Waals surface area contributed by atoms with Gasteiger partial charge in [-0.25, -0.2) is 4.79 Å². The SMILES string of the molecule is CC(C)CC(NC(=O)C1CCN(C(=O)OCC(F)(F)F)CC1)c1ccccc1. The van der Waals surface area contributed by atoms with Crippen LogP contribution in [-0.4, -0.2) is 42.8 Å². The van der Waals surface area contributed by atoms with Crippen LogP contribution in [0.5, 0.6) is 0 Å². The smallest absolute Gasteiger partial charge is 0.422 e. The predicted octanol–water partition coefficient (Wildman–Crippen LogP) is 4.30. The molecule has 28 heavy (non-hydrogen) atoms. The van der Waals surface area contributed by atoms with Gasteiger partial charge >= 0.3 is 12.3 Å². The van der Waals surface area contributed by atoms with Gasteiger partial charge in [0.15, 0.2) is 6.61 Å². The first-order valence-electron chi connectivity index (χ1n) is 9.49. The van der Waals surface area contributed by atoms with Crippen LogP contribution in [0.25, 0.3) is 0 Å². The topological polar surface area (TPSA) is 58.6 Å². The van der Waals surface area contributed by atoms with Gasteiger partial charge in [-0.15, -0.1) is 0 Å². The molecule has 0 spiro atoms. The molecule has 5 nitrogen and oxygen atoms in total. The summed E-state index contributed by atoms with van der Waals surface area (Å²) in [6, 6.07) is 9.65. The molecule has 1 fully saturated rings. The summed E-state index contributed by atoms with van der Waals surface area (Å²) < 4.78 is 40.7. The van der Waals surface area contributed by atoms with E-state index in [9.17, 15) is 22.8 Å². The monoisotopic (exact) mass is 400 g/mol. The third-order valence-corrected chi connectivity index (χ3v) is 4.71. The first-order valence-corrected chi connectivity index (χ1v) is 9.49. The van der Waals surface area contributed by atoms with Crippen LogP contribution >= 0.6 is 0 Å². The molecule has 0 bridgehead atoms. The fraction of sp³-hybridized carbons (Fsp3) is 0.600. The van der Waals surface area contributed by atoms with Crippen LogP contribution in [0.1, 0.15) is 44.7 Å². The van der Waals surface area contributed by atoms with Crippen molar-refractivity contribution in [2.45, 2.75) is 45.3 Å². The van der Waals surface area contributed by atoms with E-state index < -0.39 is 18.9 Å². The number of ether oxygens (including phenoxy) is 1. The van der Waals surface area contributed by atoms with Crippen LogP contribution in [0.4, 0.5) is 18.0 Å². The van der Waals surface area contributed by atoms with E-state index >= 15 is 0 Å². The van der Waals surface area contributed by atoms with E-state index in [0.717, 1.165) is 12.0 Å². The van der Waals surface area contributed by atoms with Crippen LogP contribution < -0.4 is 5.32 Å². The molecule has 1 N–H and O–H groups in total. The minimum atomic E-state index is -4.54. The van der Waals surface area contributed by atoms with Gasteiger partial charge in [0.1, 0.15) is 0 Å². The van der Waals surface area contributed by atoms with E-state index in [1.54, 1.807) is 0 Å². The molecule has 1 aromatic carbocycles. The molecule has 1 unspecified atom stereocenters. The molecule has 0 radical (unpaired) electrons. The molecule has 0 aromatic heterocycles. The van der Waals surface area contributed by atoms with E-state index in [0.29, 0.717) is 18.8 Å². The summed E-state index contributed by atoms with van der Waals surface area (Å²) >= 11 is 0. The Morgan fingerprint density at radius 2 is 1.79 bits per heavy atom. The third-order valence-electron chi connectivity index (χ3n) is 4.71. The van der Waals surface area contributed by atoms with Gasteiger partial charge in [0.25, 0.3) is 0 Å². The maximum atomic E-state index is 12.7. The molecule has 2 rings (SSSR count). The molecule has 1 aliphatic heterocycles. The van der Waals surface area contributed by atoms with Gasteiger partial charge in [-0.2, -0.15) is 13.2 Å². The maximum Gasteiger partial charge on any atom is 0.422 e. The zero-order chi connectivity index (χ0) is 20.7. The number of piperidine rings is 1. The molecular formula is C20H27F3N2O3. The Balaban J connectivity index is 1.87. The van der Waals surface area contributed by atoms with Crippen molar-refractivity contribution < 1.29 is 27.5 Å². The molecule has 1 atom stereocenters. The average Bonchev–Trinajstić information content (AvgIpc) is 2.65. The first kappa shape index (κ1) is 22.0. The largest absolute Gasteiger partial charge is 0.440 e. The summed E-state index contributed by atoms with van der Waals surface area (Å²) in [5.74, 6) is 0.0404. The zero-order valence-corrected chi connectivity index (χ0v) is 16.2. The van der Waals surface area contributed by atoms with Crippen molar-refractivity contribution in [3.05, 3.63) is 35.9 Å². The van der Waals surface area contributed by atoms with Crippen LogP contribution in [0.3, 0.4) is 0 Å². The van der Waals surface area contributed by atoms with Gasteiger partial charge in [-0.05, 0) is 30.7 Å². The van der Waals surface area contributed by atoms with Crippen molar-refractivity contribution in [3.8, 4) is 0 Å². The van der Waals surface area contributed by atoms with E-state index in [4.69, 9.17) is 0 Å². The number of carbonyl (C=O) groups excluding carboxylic acids is 2. The normalized spacial score (nSPS) is 16.7. The highest BCUT2D eigenvalue weighted by Crippen LogP contribution is 2.24. The molecule has 2 amide bonds. The summed E-state index contributed by atoms with van der Waals surface area (Å²) in [6.07, 6.45) is -3.93. The van der Waals surface area contributed by atoms with Gasteiger partial charge in [0.2, 0.25) is 5.91 Å². The second-order valence-corrected chi connectivity index (χ2v) is 7.53. The van der Waals surface area contributed by atoms with Gasteiger partial charge in [0.05, 0.1) is 6.04 Å². The average molecular weight is 400 g/mol. The molecule has 8 heteroatoms. The molecule has 1 aliphatic rings. The molecular weight excluding hydrogens is 373 g/mol. The second-order valence-electron chi connectivity index (χ2n) is 7.53. The summed E-state index contributed by atoms with van der Waals surface area (Å²) in [4.78, 5) is 25.6. The number of amides is 2. The van der Waals surface area contributed by atoms with Crippen LogP contribution in [0.15, 0.2) is 30.3 Å². The van der Waals surface area contributed by atoms with Crippen molar-refractivity contribution in [1.29, 1.82) is 0 Å². The fourth-order valence-electron chi connectivity index (χ4n) is 3.28. The highest BCUT2D eigenvalue weighted by atomic mass is 19.4. The Morgan fingerprint density at radius 1 is 1.18 bits per heavy atom. The number of rotatable bonds is 6. The number of hydrogen-bond donors (Lipinski definition) is 1. The van der Waals surface area contributed by atoms with E-state index in [-0.39, 0.29) is 31.0 Å². The molecule has 1 aromatic rings. The summed E-state index contributed by atoms with van der Waals surface area (Å²) in [5.41, 5.74) is 1.04. The molecule has 1 heterocycles. The van der Waals surface area contributed by atoms with Crippen molar-refractivity contribution in [1.82, 2.24) is 10.2 Å². The molecule has 1 saturated heterocycles. The minimum Gasteiger partial charge on any atom is -0.440 e. The number of carbonyl (C=O) groups is 2. The molecule has 0 aliphatic carbocycles. The van der Waals surface area contributed by atoms with Gasteiger partial charge in [-0.1, -0.05) is 44.2 Å². The van der Waals surface area contributed by atoms with Crippen molar-refractivity contribution in [3.63, 3.8) is 0 Å². The van der Waals surface area contributed by atoms with Gasteiger partial charge in [0, 0.05) is 19.0 Å². The quantitative estimate of drug-likeness (QED) is 0.775. The summed E-state index contributed by atoms with van der Waals surface area (Å²) in [5, 5.41) is 3.10. The first-order chi connectivity index (χ1) is 13.2. The van der Waals surface area contributed by atoms with Gasteiger partial charge in [-0.3, -0.25) is 4.79 Å². The fourth-order valence-corrected chi connectivity index (χ4v) is 3.28. The van der Waals surface area contributed by atoms with Crippen LogP contribution in [-0.2, 0) is 9.53 Å². The number of halogens is 3. The van der Waals surface area contributed by atoms with Crippen molar-refractivity contribution >= 4 is 12.0 Å². The van der Waals surface area contributed by atoms with E-state index in [1.807, 2.05) is 30.3 Å². The predicted molar refractivity (Wildman–Crippen MR) is 98.5 cm³/mol. The van der Waals surface area contributed by atoms with Crippen LogP contribution in [0.2, 0.25) is 0 Å². The van der Waals surface area contributed by atoms with Crippen molar-refractivity contribution in [2.75, 3.05) is 19.7 Å². The standard InChI is InChI=1S/C20H27F3N2O3/c1-14(2)12-17(15-6-4-3-5-7-15)24-18(26)16-8-10-25(11-9-16)19(27)28-13-20(21,22)23/h3-7,14,16-17H,8-13H2,1-2H3,(H,24,26). The Labute approximate surface area is 163 Å². The maximum absolute atomic E-state index is 12.7. The molecule has 0 saturated carbocycles. The lowest BCUT2D eigenvalue weighted by molar-refractivity contribution is -0.162. The number of nitrogens with zero attached hydrogens (tertiary/aromatic N) is 1. The van der Waals surface area contributed by atoms with Crippen molar-refractivity contribution in [2.24, 2.45) is 11.8 Å². The lowest BCUT2D eigenvalue weighted by atomic mass is 9.93. The summed E-state index contributed by atoms with van der Waals surface area (Å²) in [7, 11) is 0. The highest BCUT2D eigenvalue weighted by molar-refractivity contribution is 5.79. The Hall–Kier alpha value is -2.25. The Kier molecular flexibility index (Phi) is 7.71. The zero-order valence-electron chi connectivity index (χ0n) is 16.2. The number of hydrogen-bond acceptors (Lipinski definition) is 3. The van der Waals surface area contributed by atoms with Gasteiger partial charge < -0.3 is 15.0 Å². The third kappa shape index (κ3) is 7.05. The van der Waals surface area contributed by atoms with E-state index in [1.165, 1.54) is 4.90 Å². The highest BCUT2D eigenvalue weighted by Gasteiger charge is 2.33. The van der Waals surface area contributed by atoms with E-state index in [2.05, 4.69) is 23.9 Å². The lowest BCUT2D eigenvalue weighted by Gasteiger charge is -2.32. The Morgan fingerprint density at radius 3 is 2.32 bits per heavy atom. The number of nitrogens with one attached hydrogen (secondary N) is 1. The number of likely N-dealkylation sites (tertiary alicyclic amines) is 1. The summed E-state index contributed by atoms with van der Waals surface area (Å²) in [6.45, 7) is 2.99. The lowest BCUT2D eigenvalue weighted by Crippen LogP contribution is -2.44. The minimum absolute atomic E-state index is 0.0854. The second kappa shape index (κ2) is 9.80. The number of alkyl halides is 3. The Bertz CT molecular complexity index is 642. The number of benzene rings is 1. The van der Waals surface area contributed by atoms with Crippen LogP contribution in [0, 0.1) is 11.8 Å². The molecule has 156 valence electrons.